The van der Waals surface area contributed by atoms with Gasteiger partial charge in [-0.05, 0) is 26.8 Å². The van der Waals surface area contributed by atoms with Crippen LogP contribution in [-0.4, -0.2) is 29.6 Å². The number of carbonyl (C=O) groups excluding carboxylic acids is 2. The highest BCUT2D eigenvalue weighted by Gasteiger charge is 2.22. The molecule has 112 valence electrons. The molecule has 0 atom stereocenters. The molecule has 2 aromatic rings. The predicted octanol–water partition coefficient (Wildman–Crippen LogP) is 3.90. The molecule has 0 fully saturated rings. The van der Waals surface area contributed by atoms with Crippen LogP contribution < -0.4 is 4.74 Å². The summed E-state index contributed by atoms with van der Waals surface area (Å²) in [7, 11) is -2.73. The summed E-state index contributed by atoms with van der Waals surface area (Å²) in [5.41, 5.74) is -0.475. The van der Waals surface area contributed by atoms with Crippen molar-refractivity contribution < 1.29 is 23.2 Å². The van der Waals surface area contributed by atoms with Gasteiger partial charge in [-0.25, -0.2) is 4.79 Å². The van der Waals surface area contributed by atoms with Gasteiger partial charge in [0.25, 0.3) is 0 Å². The van der Waals surface area contributed by atoms with Crippen LogP contribution in [0, 0.1) is 0 Å². The molecule has 1 heterocycles. The molecular weight excluding hydrogens is 294 g/mol. The SMILES string of the molecule is [2H]C([2H])([2H])Oc1cc(Cl)c2c(ccn2C(=O)OC(C)(C)C)c1C=O. The summed E-state index contributed by atoms with van der Waals surface area (Å²) in [5.74, 6) is -0.176. The van der Waals surface area contributed by atoms with Gasteiger partial charge in [-0.15, -0.1) is 0 Å². The van der Waals surface area contributed by atoms with Crippen LogP contribution in [0.1, 0.15) is 35.2 Å². The Labute approximate surface area is 131 Å². The Balaban J connectivity index is 2.61. The average Bonchev–Trinajstić information content (AvgIpc) is 2.80. The zero-order valence-corrected chi connectivity index (χ0v) is 12.5. The van der Waals surface area contributed by atoms with E-state index >= 15 is 0 Å². The van der Waals surface area contributed by atoms with Crippen molar-refractivity contribution in [1.29, 1.82) is 0 Å². The van der Waals surface area contributed by atoms with Gasteiger partial charge in [-0.3, -0.25) is 9.36 Å². The standard InChI is InChI=1S/C15H16ClNO4/c1-15(2,3)21-14(19)17-6-5-9-10(8-18)12(20-4)7-11(16)13(9)17/h5-8H,1-4H3/i4D3. The molecule has 0 spiro atoms. The van der Waals surface area contributed by atoms with Crippen LogP contribution in [-0.2, 0) is 4.74 Å². The lowest BCUT2D eigenvalue weighted by molar-refractivity contribution is 0.0544. The van der Waals surface area contributed by atoms with Gasteiger partial charge in [0.1, 0.15) is 11.4 Å². The molecule has 0 unspecified atom stereocenters. The third-order valence-electron chi connectivity index (χ3n) is 2.74. The Hall–Kier alpha value is -2.01. The molecule has 0 aliphatic carbocycles. The van der Waals surface area contributed by atoms with Gasteiger partial charge in [-0.1, -0.05) is 11.6 Å². The number of fused-ring (bicyclic) bond motifs is 1. The van der Waals surface area contributed by atoms with Gasteiger partial charge < -0.3 is 9.47 Å². The number of benzene rings is 1. The van der Waals surface area contributed by atoms with Gasteiger partial charge in [0.15, 0.2) is 6.29 Å². The van der Waals surface area contributed by atoms with Crippen LogP contribution in [0.5, 0.6) is 5.75 Å². The minimum Gasteiger partial charge on any atom is -0.496 e. The molecule has 0 radical (unpaired) electrons. The van der Waals surface area contributed by atoms with Crippen LogP contribution in [0.15, 0.2) is 18.3 Å². The zero-order valence-electron chi connectivity index (χ0n) is 14.8. The van der Waals surface area contributed by atoms with Crippen molar-refractivity contribution in [2.45, 2.75) is 26.4 Å². The maximum Gasteiger partial charge on any atom is 0.419 e. The van der Waals surface area contributed by atoms with Crippen molar-refractivity contribution in [2.24, 2.45) is 0 Å². The summed E-state index contributed by atoms with van der Waals surface area (Å²) in [4.78, 5) is 23.7. The highest BCUT2D eigenvalue weighted by Crippen LogP contribution is 2.34. The Morgan fingerprint density at radius 3 is 2.76 bits per heavy atom. The number of ether oxygens (including phenoxy) is 2. The number of halogens is 1. The molecule has 0 bridgehead atoms. The van der Waals surface area contributed by atoms with Crippen LogP contribution in [0.2, 0.25) is 5.02 Å². The Kier molecular flexibility index (Phi) is 2.99. The Bertz CT molecular complexity index is 806. The fourth-order valence-corrected chi connectivity index (χ4v) is 2.25. The predicted molar refractivity (Wildman–Crippen MR) is 80.5 cm³/mol. The van der Waals surface area contributed by atoms with E-state index in [0.29, 0.717) is 11.7 Å². The molecule has 0 N–H and O–H groups in total. The number of hydrogen-bond donors (Lipinski definition) is 0. The minimum absolute atomic E-state index is 0.00664. The number of aldehydes is 1. The number of aromatic nitrogens is 1. The largest absolute Gasteiger partial charge is 0.496 e. The molecule has 2 rings (SSSR count). The summed E-state index contributed by atoms with van der Waals surface area (Å²) >= 11 is 6.17. The van der Waals surface area contributed by atoms with E-state index in [1.165, 1.54) is 18.3 Å². The Morgan fingerprint density at radius 2 is 2.19 bits per heavy atom. The highest BCUT2D eigenvalue weighted by molar-refractivity contribution is 6.36. The summed E-state index contributed by atoms with van der Waals surface area (Å²) in [5, 5.41) is 0.355. The molecular formula is C15H16ClNO4. The molecule has 5 nitrogen and oxygen atoms in total. The van der Waals surface area contributed by atoms with Gasteiger partial charge >= 0.3 is 6.09 Å². The quantitative estimate of drug-likeness (QED) is 0.789. The molecule has 6 heteroatoms. The lowest BCUT2D eigenvalue weighted by Gasteiger charge is -2.20. The topological polar surface area (TPSA) is 57.5 Å². The average molecular weight is 313 g/mol. The lowest BCUT2D eigenvalue weighted by Crippen LogP contribution is -2.26. The molecule has 0 aliphatic rings. The van der Waals surface area contributed by atoms with E-state index < -0.39 is 18.7 Å². The van der Waals surface area contributed by atoms with E-state index in [0.717, 1.165) is 4.57 Å². The zero-order chi connectivity index (χ0) is 18.3. The van der Waals surface area contributed by atoms with Gasteiger partial charge in [0.05, 0.1) is 27.3 Å². The van der Waals surface area contributed by atoms with Gasteiger partial charge in [0, 0.05) is 17.6 Å². The van der Waals surface area contributed by atoms with E-state index in [1.54, 1.807) is 20.8 Å². The second-order valence-corrected chi connectivity index (χ2v) is 5.83. The van der Waals surface area contributed by atoms with E-state index in [1.807, 2.05) is 0 Å². The molecule has 0 aliphatic heterocycles. The monoisotopic (exact) mass is 312 g/mol. The molecule has 0 amide bonds. The first-order chi connectivity index (χ1) is 10.9. The maximum absolute atomic E-state index is 12.3. The van der Waals surface area contributed by atoms with E-state index in [-0.39, 0.29) is 21.9 Å². The van der Waals surface area contributed by atoms with Gasteiger partial charge in [0.2, 0.25) is 0 Å². The second kappa shape index (κ2) is 5.41. The number of nitrogens with zero attached hydrogens (tertiary/aromatic N) is 1. The summed E-state index contributed by atoms with van der Waals surface area (Å²) in [6, 6.07) is 2.67. The number of methoxy groups -OCH3 is 1. The number of carbonyl (C=O) groups is 2. The molecule has 0 saturated carbocycles. The molecule has 1 aromatic carbocycles. The molecule has 0 saturated heterocycles. The third kappa shape index (κ3) is 2.88. The fraction of sp³-hybridized carbons (Fsp3) is 0.333. The first-order valence-electron chi connectivity index (χ1n) is 7.64. The van der Waals surface area contributed by atoms with Crippen molar-refractivity contribution >= 4 is 34.9 Å². The van der Waals surface area contributed by atoms with Crippen molar-refractivity contribution in [2.75, 3.05) is 7.04 Å². The van der Waals surface area contributed by atoms with Gasteiger partial charge in [-0.2, -0.15) is 0 Å². The van der Waals surface area contributed by atoms with Crippen molar-refractivity contribution in [1.82, 2.24) is 4.57 Å². The smallest absolute Gasteiger partial charge is 0.419 e. The molecule has 1 aromatic heterocycles. The summed E-state index contributed by atoms with van der Waals surface area (Å²) in [6.45, 7) is 5.16. The maximum atomic E-state index is 12.3. The van der Waals surface area contributed by atoms with E-state index in [9.17, 15) is 9.59 Å². The third-order valence-corrected chi connectivity index (χ3v) is 3.03. The van der Waals surface area contributed by atoms with Crippen molar-refractivity contribution in [3.05, 3.63) is 28.9 Å². The fourth-order valence-electron chi connectivity index (χ4n) is 1.96. The normalized spacial score (nSPS) is 14.2. The van der Waals surface area contributed by atoms with Crippen molar-refractivity contribution in [3.8, 4) is 5.75 Å². The van der Waals surface area contributed by atoms with Crippen LogP contribution in [0.4, 0.5) is 4.79 Å². The highest BCUT2D eigenvalue weighted by atomic mass is 35.5. The second-order valence-electron chi connectivity index (χ2n) is 5.42. The first kappa shape index (κ1) is 11.6. The first-order valence-corrected chi connectivity index (χ1v) is 6.52. The lowest BCUT2D eigenvalue weighted by atomic mass is 10.1. The van der Waals surface area contributed by atoms with Crippen LogP contribution in [0.3, 0.4) is 0 Å². The molecule has 21 heavy (non-hydrogen) atoms. The summed E-state index contributed by atoms with van der Waals surface area (Å²) < 4.78 is 32.8. The minimum atomic E-state index is -2.73. The number of rotatable bonds is 2. The number of hydrogen-bond acceptors (Lipinski definition) is 4. The Morgan fingerprint density at radius 1 is 1.48 bits per heavy atom. The van der Waals surface area contributed by atoms with Crippen LogP contribution in [0.25, 0.3) is 10.9 Å². The van der Waals surface area contributed by atoms with Crippen molar-refractivity contribution in [3.63, 3.8) is 0 Å². The van der Waals surface area contributed by atoms with Crippen LogP contribution >= 0.6 is 11.6 Å². The van der Waals surface area contributed by atoms with E-state index in [4.69, 9.17) is 25.2 Å². The summed E-state index contributed by atoms with van der Waals surface area (Å²) in [6.07, 6.45) is 1.19. The van der Waals surface area contributed by atoms with E-state index in [2.05, 4.69) is 0 Å².